The Balaban J connectivity index is 1.70. The predicted molar refractivity (Wildman–Crippen MR) is 71.3 cm³/mol. The number of carboxylic acids is 1. The number of nitrogens with zero attached hydrogens (tertiary/aromatic N) is 1. The molecule has 1 spiro atoms. The van der Waals surface area contributed by atoms with Crippen LogP contribution in [0.5, 0.6) is 0 Å². The molecule has 0 amide bonds. The van der Waals surface area contributed by atoms with Gasteiger partial charge in [-0.05, 0) is 42.9 Å². The van der Waals surface area contributed by atoms with Gasteiger partial charge in [-0.15, -0.1) is 0 Å². The van der Waals surface area contributed by atoms with Crippen molar-refractivity contribution in [2.45, 2.75) is 45.6 Å². The molecular formula is C14H26N2O2. The van der Waals surface area contributed by atoms with Gasteiger partial charge < -0.3 is 15.7 Å². The predicted octanol–water partition coefficient (Wildman–Crippen LogP) is 1.55. The molecule has 18 heavy (non-hydrogen) atoms. The van der Waals surface area contributed by atoms with Crippen molar-refractivity contribution in [3.05, 3.63) is 0 Å². The Morgan fingerprint density at radius 2 is 2.17 bits per heavy atom. The van der Waals surface area contributed by atoms with E-state index in [9.17, 15) is 4.79 Å². The van der Waals surface area contributed by atoms with Crippen LogP contribution in [0, 0.1) is 17.3 Å². The normalized spacial score (nSPS) is 28.6. The van der Waals surface area contributed by atoms with Crippen molar-refractivity contribution < 1.29 is 9.90 Å². The molecule has 1 heterocycles. The van der Waals surface area contributed by atoms with Crippen molar-refractivity contribution in [2.24, 2.45) is 23.0 Å². The summed E-state index contributed by atoms with van der Waals surface area (Å²) in [6, 6.07) is -0.700. The second-order valence-electron chi connectivity index (χ2n) is 6.69. The quantitative estimate of drug-likeness (QED) is 0.781. The van der Waals surface area contributed by atoms with Crippen LogP contribution >= 0.6 is 0 Å². The second kappa shape index (κ2) is 5.17. The molecule has 1 saturated heterocycles. The van der Waals surface area contributed by atoms with Gasteiger partial charge in [0.05, 0.1) is 0 Å². The van der Waals surface area contributed by atoms with E-state index in [-0.39, 0.29) is 0 Å². The first-order valence-electron chi connectivity index (χ1n) is 7.13. The number of hydrogen-bond donors (Lipinski definition) is 2. The molecule has 104 valence electrons. The number of carboxylic acid groups (broad SMARTS) is 1. The van der Waals surface area contributed by atoms with Crippen molar-refractivity contribution in [1.82, 2.24) is 4.90 Å². The van der Waals surface area contributed by atoms with E-state index in [1.165, 1.54) is 19.3 Å². The summed E-state index contributed by atoms with van der Waals surface area (Å²) in [6.07, 6.45) is 4.67. The monoisotopic (exact) mass is 254 g/mol. The number of aliphatic carboxylic acids is 1. The Hall–Kier alpha value is -0.610. The summed E-state index contributed by atoms with van der Waals surface area (Å²) in [6.45, 7) is 7.80. The summed E-state index contributed by atoms with van der Waals surface area (Å²) in [4.78, 5) is 13.0. The molecule has 1 saturated carbocycles. The molecule has 0 radical (unpaired) electrons. The van der Waals surface area contributed by atoms with E-state index >= 15 is 0 Å². The average molecular weight is 254 g/mol. The van der Waals surface area contributed by atoms with E-state index in [0.717, 1.165) is 31.5 Å². The minimum absolute atomic E-state index is 0.558. The topological polar surface area (TPSA) is 66.6 Å². The molecule has 2 unspecified atom stereocenters. The molecule has 0 aromatic rings. The minimum atomic E-state index is -0.883. The van der Waals surface area contributed by atoms with Gasteiger partial charge in [-0.25, -0.2) is 0 Å². The van der Waals surface area contributed by atoms with Crippen LogP contribution in [0.25, 0.3) is 0 Å². The van der Waals surface area contributed by atoms with Crippen molar-refractivity contribution in [2.75, 3.05) is 19.6 Å². The maximum Gasteiger partial charge on any atom is 0.320 e. The third-order valence-electron chi connectivity index (χ3n) is 4.88. The first-order chi connectivity index (χ1) is 8.42. The number of carbonyl (C=O) groups is 1. The van der Waals surface area contributed by atoms with E-state index in [1.54, 1.807) is 0 Å². The number of nitrogens with two attached hydrogens (primary N) is 1. The number of rotatable bonds is 5. The van der Waals surface area contributed by atoms with Crippen LogP contribution in [0.1, 0.15) is 39.5 Å². The Bertz CT molecular complexity index is 311. The average Bonchev–Trinajstić information content (AvgIpc) is 2.69. The molecule has 2 aliphatic rings. The van der Waals surface area contributed by atoms with E-state index in [2.05, 4.69) is 18.7 Å². The molecule has 0 aromatic heterocycles. The molecule has 4 heteroatoms. The zero-order valence-corrected chi connectivity index (χ0v) is 11.6. The summed E-state index contributed by atoms with van der Waals surface area (Å²) in [5.74, 6) is 0.818. The van der Waals surface area contributed by atoms with Crippen LogP contribution in [0.2, 0.25) is 0 Å². The molecule has 4 nitrogen and oxygen atoms in total. The Morgan fingerprint density at radius 3 is 2.67 bits per heavy atom. The highest BCUT2D eigenvalue weighted by Crippen LogP contribution is 2.50. The van der Waals surface area contributed by atoms with Crippen LogP contribution in [-0.2, 0) is 4.79 Å². The van der Waals surface area contributed by atoms with Crippen LogP contribution in [0.15, 0.2) is 0 Å². The summed E-state index contributed by atoms with van der Waals surface area (Å²) in [5.41, 5.74) is 6.08. The molecular weight excluding hydrogens is 228 g/mol. The highest BCUT2D eigenvalue weighted by Gasteiger charge is 2.48. The van der Waals surface area contributed by atoms with E-state index in [4.69, 9.17) is 10.8 Å². The van der Waals surface area contributed by atoms with Crippen LogP contribution < -0.4 is 5.73 Å². The van der Waals surface area contributed by atoms with E-state index < -0.39 is 12.0 Å². The SMILES string of the molecule is CC(C)C1CCC2(C1)CN(CCC(N)C(=O)O)C2. The van der Waals surface area contributed by atoms with Gasteiger partial charge in [-0.3, -0.25) is 4.79 Å². The molecule has 2 rings (SSSR count). The molecule has 3 N–H and O–H groups in total. The van der Waals surface area contributed by atoms with Gasteiger partial charge >= 0.3 is 5.97 Å². The highest BCUT2D eigenvalue weighted by atomic mass is 16.4. The lowest BCUT2D eigenvalue weighted by Gasteiger charge is -2.49. The highest BCUT2D eigenvalue weighted by molar-refractivity contribution is 5.72. The van der Waals surface area contributed by atoms with Crippen LogP contribution in [-0.4, -0.2) is 41.7 Å². The fourth-order valence-electron chi connectivity index (χ4n) is 3.61. The fourth-order valence-corrected chi connectivity index (χ4v) is 3.61. The molecule has 1 aliphatic heterocycles. The smallest absolute Gasteiger partial charge is 0.320 e. The third-order valence-corrected chi connectivity index (χ3v) is 4.88. The summed E-state index contributed by atoms with van der Waals surface area (Å²) in [5, 5.41) is 8.74. The third kappa shape index (κ3) is 2.86. The standard InChI is InChI=1S/C14H26N2O2/c1-10(2)11-3-5-14(7-11)8-16(9-14)6-4-12(15)13(17)18/h10-12H,3-9,15H2,1-2H3,(H,17,18). The van der Waals surface area contributed by atoms with Gasteiger partial charge in [0.1, 0.15) is 6.04 Å². The van der Waals surface area contributed by atoms with Gasteiger partial charge in [0.2, 0.25) is 0 Å². The first kappa shape index (κ1) is 13.8. The van der Waals surface area contributed by atoms with Crippen LogP contribution in [0.3, 0.4) is 0 Å². The number of hydrogen-bond acceptors (Lipinski definition) is 3. The Morgan fingerprint density at radius 1 is 1.50 bits per heavy atom. The fraction of sp³-hybridized carbons (Fsp3) is 0.929. The lowest BCUT2D eigenvalue weighted by atomic mass is 9.76. The van der Waals surface area contributed by atoms with Crippen molar-refractivity contribution in [3.63, 3.8) is 0 Å². The maximum absolute atomic E-state index is 10.6. The lowest BCUT2D eigenvalue weighted by Crippen LogP contribution is -2.56. The molecule has 0 bridgehead atoms. The maximum atomic E-state index is 10.6. The molecule has 2 fully saturated rings. The van der Waals surface area contributed by atoms with E-state index in [1.807, 2.05) is 0 Å². The van der Waals surface area contributed by atoms with E-state index in [0.29, 0.717) is 11.8 Å². The van der Waals surface area contributed by atoms with Gasteiger partial charge in [-0.2, -0.15) is 0 Å². The summed E-state index contributed by atoms with van der Waals surface area (Å²) >= 11 is 0. The summed E-state index contributed by atoms with van der Waals surface area (Å²) in [7, 11) is 0. The van der Waals surface area contributed by atoms with Gasteiger partial charge in [-0.1, -0.05) is 13.8 Å². The van der Waals surface area contributed by atoms with Gasteiger partial charge in [0.15, 0.2) is 0 Å². The largest absolute Gasteiger partial charge is 0.480 e. The minimum Gasteiger partial charge on any atom is -0.480 e. The van der Waals surface area contributed by atoms with Crippen molar-refractivity contribution in [1.29, 1.82) is 0 Å². The first-order valence-corrected chi connectivity index (χ1v) is 7.13. The molecule has 1 aliphatic carbocycles. The second-order valence-corrected chi connectivity index (χ2v) is 6.69. The Labute approximate surface area is 110 Å². The number of likely N-dealkylation sites (tertiary alicyclic amines) is 1. The van der Waals surface area contributed by atoms with Gasteiger partial charge in [0, 0.05) is 19.6 Å². The zero-order chi connectivity index (χ0) is 13.3. The van der Waals surface area contributed by atoms with Crippen LogP contribution in [0.4, 0.5) is 0 Å². The van der Waals surface area contributed by atoms with Crippen molar-refractivity contribution >= 4 is 5.97 Å². The summed E-state index contributed by atoms with van der Waals surface area (Å²) < 4.78 is 0. The Kier molecular flexibility index (Phi) is 3.97. The van der Waals surface area contributed by atoms with Gasteiger partial charge in [0.25, 0.3) is 0 Å². The molecule has 0 aromatic carbocycles. The lowest BCUT2D eigenvalue weighted by molar-refractivity contribution is -0.138. The molecule has 2 atom stereocenters. The van der Waals surface area contributed by atoms with Crippen molar-refractivity contribution in [3.8, 4) is 0 Å². The zero-order valence-electron chi connectivity index (χ0n) is 11.6.